The second-order valence-corrected chi connectivity index (χ2v) is 8.99. The lowest BCUT2D eigenvalue weighted by Crippen LogP contribution is -2.48. The van der Waals surface area contributed by atoms with E-state index in [1.54, 1.807) is 0 Å². The van der Waals surface area contributed by atoms with Crippen molar-refractivity contribution in [2.45, 2.75) is 33.3 Å². The number of hydrogen-bond donors (Lipinski definition) is 1. The maximum atomic E-state index is 11.7. The SMILES string of the molecule is CCNC(=NCCCN(CC)S(C)(=O)=O)N1CCOC(c2ccccc2C)C1. The van der Waals surface area contributed by atoms with E-state index in [9.17, 15) is 8.42 Å². The summed E-state index contributed by atoms with van der Waals surface area (Å²) in [5.41, 5.74) is 2.45. The fraction of sp³-hybridized carbons (Fsp3) is 0.650. The average molecular weight is 411 g/mol. The third-order valence-corrected chi connectivity index (χ3v) is 6.26. The van der Waals surface area contributed by atoms with Crippen LogP contribution in [0.4, 0.5) is 0 Å². The molecule has 1 fully saturated rings. The van der Waals surface area contributed by atoms with Gasteiger partial charge in [-0.1, -0.05) is 31.2 Å². The van der Waals surface area contributed by atoms with Gasteiger partial charge in [0, 0.05) is 32.7 Å². The van der Waals surface area contributed by atoms with E-state index in [4.69, 9.17) is 9.73 Å². The molecule has 0 aliphatic carbocycles. The zero-order chi connectivity index (χ0) is 20.6. The standard InChI is InChI=1S/C20H34N4O3S/c1-5-21-20(22-12-9-13-24(6-2)28(4,25)26)23-14-15-27-19(16-23)18-11-8-7-10-17(18)3/h7-8,10-11,19H,5-6,9,12-16H2,1-4H3,(H,21,22). The molecule has 0 bridgehead atoms. The molecule has 1 aliphatic heterocycles. The van der Waals surface area contributed by atoms with E-state index in [0.29, 0.717) is 32.7 Å². The summed E-state index contributed by atoms with van der Waals surface area (Å²) in [6, 6.07) is 8.32. The molecule has 2 rings (SSSR count). The minimum Gasteiger partial charge on any atom is -0.370 e. The Morgan fingerprint density at radius 2 is 2.11 bits per heavy atom. The molecule has 1 heterocycles. The first kappa shape index (κ1) is 22.6. The quantitative estimate of drug-likeness (QED) is 0.403. The van der Waals surface area contributed by atoms with Crippen LogP contribution in [0, 0.1) is 6.92 Å². The van der Waals surface area contributed by atoms with Crippen molar-refractivity contribution in [2.24, 2.45) is 4.99 Å². The Bertz CT molecular complexity index is 752. The number of morpholine rings is 1. The number of benzene rings is 1. The molecule has 158 valence electrons. The summed E-state index contributed by atoms with van der Waals surface area (Å²) in [5.74, 6) is 0.867. The van der Waals surface area contributed by atoms with Gasteiger partial charge < -0.3 is 15.0 Å². The summed E-state index contributed by atoms with van der Waals surface area (Å²) < 4.78 is 30.9. The van der Waals surface area contributed by atoms with Gasteiger partial charge in [-0.15, -0.1) is 0 Å². The summed E-state index contributed by atoms with van der Waals surface area (Å²) in [4.78, 5) is 6.96. The summed E-state index contributed by atoms with van der Waals surface area (Å²) in [7, 11) is -3.15. The van der Waals surface area contributed by atoms with Gasteiger partial charge in [-0.2, -0.15) is 0 Å². The lowest BCUT2D eigenvalue weighted by molar-refractivity contribution is -0.00832. The molecule has 1 unspecified atom stereocenters. The maximum absolute atomic E-state index is 11.7. The van der Waals surface area contributed by atoms with Gasteiger partial charge in [0.05, 0.1) is 19.4 Å². The van der Waals surface area contributed by atoms with Crippen LogP contribution in [-0.4, -0.2) is 75.7 Å². The van der Waals surface area contributed by atoms with Gasteiger partial charge in [-0.3, -0.25) is 4.99 Å². The molecule has 1 aromatic carbocycles. The molecule has 1 atom stereocenters. The van der Waals surface area contributed by atoms with Crippen molar-refractivity contribution in [3.05, 3.63) is 35.4 Å². The predicted octanol–water partition coefficient (Wildman–Crippen LogP) is 2.01. The predicted molar refractivity (Wildman–Crippen MR) is 114 cm³/mol. The highest BCUT2D eigenvalue weighted by Gasteiger charge is 2.25. The van der Waals surface area contributed by atoms with Crippen molar-refractivity contribution < 1.29 is 13.2 Å². The summed E-state index contributed by atoms with van der Waals surface area (Å²) in [6.07, 6.45) is 1.98. The van der Waals surface area contributed by atoms with Crippen LogP contribution in [0.2, 0.25) is 0 Å². The third-order valence-electron chi connectivity index (χ3n) is 4.89. The van der Waals surface area contributed by atoms with Gasteiger partial charge in [0.1, 0.15) is 6.10 Å². The molecule has 28 heavy (non-hydrogen) atoms. The van der Waals surface area contributed by atoms with Crippen molar-refractivity contribution in [1.29, 1.82) is 0 Å². The maximum Gasteiger partial charge on any atom is 0.211 e. The molecule has 0 aromatic heterocycles. The number of aliphatic imine (C=N–C) groups is 1. The number of nitrogens with zero attached hydrogens (tertiary/aromatic N) is 3. The molecule has 1 aliphatic rings. The van der Waals surface area contributed by atoms with Crippen LogP contribution >= 0.6 is 0 Å². The molecule has 0 amide bonds. The van der Waals surface area contributed by atoms with Gasteiger partial charge in [0.2, 0.25) is 10.0 Å². The van der Waals surface area contributed by atoms with E-state index < -0.39 is 10.0 Å². The minimum absolute atomic E-state index is 0.0274. The zero-order valence-electron chi connectivity index (χ0n) is 17.5. The lowest BCUT2D eigenvalue weighted by atomic mass is 10.0. The van der Waals surface area contributed by atoms with Crippen molar-refractivity contribution in [2.75, 3.05) is 52.1 Å². The molecule has 0 radical (unpaired) electrons. The van der Waals surface area contributed by atoms with Crippen LogP contribution in [0.5, 0.6) is 0 Å². The van der Waals surface area contributed by atoms with Crippen LogP contribution in [0.15, 0.2) is 29.3 Å². The number of ether oxygens (including phenoxy) is 1. The second kappa shape index (κ2) is 10.8. The number of aryl methyl sites for hydroxylation is 1. The largest absolute Gasteiger partial charge is 0.370 e. The first-order valence-corrected chi connectivity index (χ1v) is 11.9. The number of guanidine groups is 1. The lowest BCUT2D eigenvalue weighted by Gasteiger charge is -2.35. The van der Waals surface area contributed by atoms with Gasteiger partial charge in [0.15, 0.2) is 5.96 Å². The smallest absolute Gasteiger partial charge is 0.211 e. The zero-order valence-corrected chi connectivity index (χ0v) is 18.3. The fourth-order valence-electron chi connectivity index (χ4n) is 3.39. The Morgan fingerprint density at radius 3 is 2.75 bits per heavy atom. The molecular formula is C20H34N4O3S. The Labute approximate surface area is 169 Å². The molecule has 1 N–H and O–H groups in total. The second-order valence-electron chi connectivity index (χ2n) is 7.01. The van der Waals surface area contributed by atoms with Crippen molar-refractivity contribution in [1.82, 2.24) is 14.5 Å². The first-order valence-electron chi connectivity index (χ1n) is 10.0. The summed E-state index contributed by atoms with van der Waals surface area (Å²) in [6.45, 7) is 10.6. The molecule has 0 spiro atoms. The third kappa shape index (κ3) is 6.46. The van der Waals surface area contributed by atoms with E-state index in [2.05, 4.69) is 36.2 Å². The molecule has 7 nitrogen and oxygen atoms in total. The van der Waals surface area contributed by atoms with Crippen LogP contribution in [0.1, 0.15) is 37.5 Å². The number of sulfonamides is 1. The van der Waals surface area contributed by atoms with Crippen LogP contribution in [-0.2, 0) is 14.8 Å². The number of rotatable bonds is 8. The summed E-state index contributed by atoms with van der Waals surface area (Å²) >= 11 is 0. The molecular weight excluding hydrogens is 376 g/mol. The normalized spacial score (nSPS) is 18.5. The topological polar surface area (TPSA) is 74.2 Å². The molecule has 1 aromatic rings. The number of nitrogens with one attached hydrogen (secondary N) is 1. The molecule has 1 saturated heterocycles. The van der Waals surface area contributed by atoms with Crippen LogP contribution < -0.4 is 5.32 Å². The highest BCUT2D eigenvalue weighted by atomic mass is 32.2. The van der Waals surface area contributed by atoms with Crippen molar-refractivity contribution in [3.8, 4) is 0 Å². The van der Waals surface area contributed by atoms with E-state index >= 15 is 0 Å². The summed E-state index contributed by atoms with van der Waals surface area (Å²) in [5, 5.41) is 3.36. The van der Waals surface area contributed by atoms with Crippen molar-refractivity contribution >= 4 is 16.0 Å². The van der Waals surface area contributed by atoms with E-state index in [0.717, 1.165) is 25.6 Å². The van der Waals surface area contributed by atoms with Gasteiger partial charge >= 0.3 is 0 Å². The van der Waals surface area contributed by atoms with Crippen molar-refractivity contribution in [3.63, 3.8) is 0 Å². The van der Waals surface area contributed by atoms with Gasteiger partial charge in [0.25, 0.3) is 0 Å². The van der Waals surface area contributed by atoms with Gasteiger partial charge in [-0.05, 0) is 31.4 Å². The monoisotopic (exact) mass is 410 g/mol. The first-order chi connectivity index (χ1) is 13.4. The fourth-order valence-corrected chi connectivity index (χ4v) is 4.32. The van der Waals surface area contributed by atoms with E-state index in [-0.39, 0.29) is 6.10 Å². The Kier molecular flexibility index (Phi) is 8.72. The Morgan fingerprint density at radius 1 is 1.36 bits per heavy atom. The highest BCUT2D eigenvalue weighted by Crippen LogP contribution is 2.24. The Hall–Kier alpha value is -1.64. The van der Waals surface area contributed by atoms with Crippen LogP contribution in [0.25, 0.3) is 0 Å². The molecule has 0 saturated carbocycles. The Balaban J connectivity index is 2.00. The van der Waals surface area contributed by atoms with Crippen LogP contribution in [0.3, 0.4) is 0 Å². The minimum atomic E-state index is -3.15. The highest BCUT2D eigenvalue weighted by molar-refractivity contribution is 7.88. The number of hydrogen-bond acceptors (Lipinski definition) is 4. The average Bonchev–Trinajstić information content (AvgIpc) is 2.66. The molecule has 8 heteroatoms. The van der Waals surface area contributed by atoms with Gasteiger partial charge in [-0.25, -0.2) is 12.7 Å². The van der Waals surface area contributed by atoms with E-state index in [1.165, 1.54) is 21.7 Å². The van der Waals surface area contributed by atoms with E-state index in [1.807, 2.05) is 19.1 Å².